The van der Waals surface area contributed by atoms with Crippen LogP contribution in [0.2, 0.25) is 0 Å². The van der Waals surface area contributed by atoms with Crippen molar-refractivity contribution < 1.29 is 32.9 Å². The van der Waals surface area contributed by atoms with Crippen molar-refractivity contribution in [2.75, 3.05) is 48.5 Å². The first-order chi connectivity index (χ1) is 25.7. The fourth-order valence-electron chi connectivity index (χ4n) is 8.28. The van der Waals surface area contributed by atoms with Crippen molar-refractivity contribution >= 4 is 5.78 Å². The molecule has 6 bridgehead atoms. The van der Waals surface area contributed by atoms with E-state index in [1.54, 1.807) is 33.5 Å². The van der Waals surface area contributed by atoms with Crippen LogP contribution in [0, 0.1) is 6.92 Å². The summed E-state index contributed by atoms with van der Waals surface area (Å²) < 4.78 is 37.2. The Hall–Kier alpha value is -5.25. The number of rotatable bonds is 6. The quantitative estimate of drug-likeness (QED) is 0.161. The molecule has 0 unspecified atom stereocenters. The third kappa shape index (κ3) is 6.53. The van der Waals surface area contributed by atoms with E-state index in [1.807, 2.05) is 24.3 Å². The van der Waals surface area contributed by atoms with Crippen molar-refractivity contribution in [3.63, 3.8) is 0 Å². The highest BCUT2D eigenvalue weighted by atomic mass is 16.5. The number of carbonyl (C=O) groups excluding carboxylic acids is 1. The molecule has 4 aromatic carbocycles. The number of Topliss-reactive ketones (excluding diaryl/α,β-unsaturated/α-hetero) is 1. The van der Waals surface area contributed by atoms with Crippen LogP contribution in [0.1, 0.15) is 67.1 Å². The van der Waals surface area contributed by atoms with E-state index < -0.39 is 0 Å². The standard InChI is InChI=1S/C44H46N2O7/c1-26-18-28-13-15-45(2)34-19-27-9-11-32(12-10-27)52-40-24-30(31(23-39(40)48-4)21-36(47)37-8-7-17-51-37)20-35-42-29(14-16-46(35)3)22-41(49-5)43(50-6)44(42)53-38(26)25-33(28)34/h7-12,17-18,22-25,34-35H,13-16,19-21H2,1-6H3/t34-,35-/m0/s1. The number of ketones is 1. The monoisotopic (exact) mass is 714 g/mol. The molecule has 53 heavy (non-hydrogen) atoms. The summed E-state index contributed by atoms with van der Waals surface area (Å²) in [6.07, 6.45) is 4.84. The first-order valence-electron chi connectivity index (χ1n) is 18.3. The summed E-state index contributed by atoms with van der Waals surface area (Å²) >= 11 is 0. The van der Waals surface area contributed by atoms with Crippen LogP contribution in [0.4, 0.5) is 0 Å². The van der Waals surface area contributed by atoms with Crippen LogP contribution >= 0.6 is 0 Å². The van der Waals surface area contributed by atoms with Crippen molar-refractivity contribution in [2.24, 2.45) is 0 Å². The second-order valence-corrected chi connectivity index (χ2v) is 14.4. The number of carbonyl (C=O) groups is 1. The van der Waals surface area contributed by atoms with Crippen LogP contribution in [-0.2, 0) is 32.1 Å². The van der Waals surface area contributed by atoms with Gasteiger partial charge in [0.2, 0.25) is 11.5 Å². The minimum atomic E-state index is -0.137. The summed E-state index contributed by atoms with van der Waals surface area (Å²) in [5.74, 6) is 4.67. The number of fused-ring (bicyclic) bond motifs is 2. The van der Waals surface area contributed by atoms with E-state index in [4.69, 9.17) is 28.1 Å². The van der Waals surface area contributed by atoms with Gasteiger partial charge in [-0.15, -0.1) is 0 Å². The maximum Gasteiger partial charge on any atom is 0.204 e. The smallest absolute Gasteiger partial charge is 0.204 e. The molecule has 9 heteroatoms. The lowest BCUT2D eigenvalue weighted by Crippen LogP contribution is -2.34. The topological polar surface area (TPSA) is 82.8 Å². The second-order valence-electron chi connectivity index (χ2n) is 14.4. The van der Waals surface area contributed by atoms with Gasteiger partial charge in [-0.2, -0.15) is 0 Å². The number of nitrogens with zero attached hydrogens (tertiary/aromatic N) is 2. The molecule has 9 nitrogen and oxygen atoms in total. The van der Waals surface area contributed by atoms with Crippen molar-refractivity contribution in [3.05, 3.63) is 123 Å². The van der Waals surface area contributed by atoms with Gasteiger partial charge in [0.15, 0.2) is 28.8 Å². The fourth-order valence-corrected chi connectivity index (χ4v) is 8.28. The molecule has 5 heterocycles. The summed E-state index contributed by atoms with van der Waals surface area (Å²) in [6.45, 7) is 3.93. The molecule has 0 fully saturated rings. The predicted octanol–water partition coefficient (Wildman–Crippen LogP) is 8.48. The zero-order chi connectivity index (χ0) is 36.8. The number of benzene rings is 4. The highest BCUT2D eigenvalue weighted by Crippen LogP contribution is 2.51. The SMILES string of the molecule is COc1cc(CC(=O)c2ccco2)c2cc1Oc1ccc(cc1)C[C@H]1c3cc(c(C)cc3CCN1C)Oc1c(OC)c(OC)cc3c1[C@H](C2)N(C)CC3. The Bertz CT molecular complexity index is 2160. The van der Waals surface area contributed by atoms with E-state index in [9.17, 15) is 4.79 Å². The number of hydrogen-bond donors (Lipinski definition) is 0. The highest BCUT2D eigenvalue weighted by molar-refractivity contribution is 5.95. The summed E-state index contributed by atoms with van der Waals surface area (Å²) in [5.41, 5.74) is 8.88. The van der Waals surface area contributed by atoms with E-state index in [2.05, 4.69) is 61.2 Å². The van der Waals surface area contributed by atoms with Crippen LogP contribution in [0.5, 0.6) is 40.2 Å². The van der Waals surface area contributed by atoms with Gasteiger partial charge in [0, 0.05) is 37.2 Å². The Morgan fingerprint density at radius 3 is 2.25 bits per heavy atom. The van der Waals surface area contributed by atoms with E-state index in [1.165, 1.54) is 23.0 Å². The average molecular weight is 715 g/mol. The van der Waals surface area contributed by atoms with E-state index in [-0.39, 0.29) is 24.3 Å². The van der Waals surface area contributed by atoms with Crippen molar-refractivity contribution in [3.8, 4) is 40.2 Å². The van der Waals surface area contributed by atoms with Gasteiger partial charge in [-0.3, -0.25) is 14.6 Å². The molecule has 0 saturated heterocycles. The molecule has 2 atom stereocenters. The Morgan fingerprint density at radius 1 is 0.774 bits per heavy atom. The fraction of sp³-hybridized carbons (Fsp3) is 0.341. The van der Waals surface area contributed by atoms with Crippen molar-refractivity contribution in [1.82, 2.24) is 9.80 Å². The normalized spacial score (nSPS) is 18.2. The van der Waals surface area contributed by atoms with Gasteiger partial charge in [-0.25, -0.2) is 0 Å². The molecule has 4 aliphatic rings. The lowest BCUT2D eigenvalue weighted by molar-refractivity contribution is 0.0966. The zero-order valence-corrected chi connectivity index (χ0v) is 31.3. The Balaban J connectivity index is 1.35. The number of ether oxygens (including phenoxy) is 5. The second kappa shape index (κ2) is 14.3. The first-order valence-corrected chi connectivity index (χ1v) is 18.3. The maximum atomic E-state index is 13.5. The van der Waals surface area contributed by atoms with Gasteiger partial charge < -0.3 is 28.1 Å². The molecule has 5 aromatic rings. The Kier molecular flexibility index (Phi) is 9.39. The molecule has 0 spiro atoms. The summed E-state index contributed by atoms with van der Waals surface area (Å²) in [6, 6.07) is 22.4. The summed E-state index contributed by atoms with van der Waals surface area (Å²) in [5, 5.41) is 0. The minimum Gasteiger partial charge on any atom is -0.493 e. The summed E-state index contributed by atoms with van der Waals surface area (Å²) in [7, 11) is 9.30. The molecule has 0 saturated carbocycles. The first kappa shape index (κ1) is 34.8. The van der Waals surface area contributed by atoms with Crippen LogP contribution in [0.3, 0.4) is 0 Å². The van der Waals surface area contributed by atoms with Crippen LogP contribution in [0.25, 0.3) is 0 Å². The maximum absolute atomic E-state index is 13.5. The molecule has 0 radical (unpaired) electrons. The van der Waals surface area contributed by atoms with E-state index in [0.717, 1.165) is 65.9 Å². The van der Waals surface area contributed by atoms with E-state index in [0.29, 0.717) is 46.7 Å². The zero-order valence-electron chi connectivity index (χ0n) is 31.3. The minimum absolute atomic E-state index is 0.114. The van der Waals surface area contributed by atoms with Crippen molar-refractivity contribution in [2.45, 2.75) is 51.1 Å². The predicted molar refractivity (Wildman–Crippen MR) is 203 cm³/mol. The molecule has 0 aliphatic carbocycles. The molecule has 0 amide bonds. The van der Waals surface area contributed by atoms with Gasteiger partial charge in [0.05, 0.1) is 27.6 Å². The molecule has 9 rings (SSSR count). The van der Waals surface area contributed by atoms with Gasteiger partial charge in [-0.05, 0) is 134 Å². The van der Waals surface area contributed by atoms with Gasteiger partial charge in [0.1, 0.15) is 11.5 Å². The number of likely N-dealkylation sites (N-methyl/N-ethyl adjacent to an activating group) is 2. The van der Waals surface area contributed by atoms with Crippen LogP contribution in [-0.4, -0.2) is 64.1 Å². The molecule has 1 aromatic heterocycles. The van der Waals surface area contributed by atoms with Gasteiger partial charge in [-0.1, -0.05) is 18.2 Å². The summed E-state index contributed by atoms with van der Waals surface area (Å²) in [4.78, 5) is 18.3. The number of methoxy groups -OCH3 is 3. The number of aryl methyl sites for hydroxylation is 1. The Labute approximate surface area is 311 Å². The van der Waals surface area contributed by atoms with Gasteiger partial charge in [0.25, 0.3) is 0 Å². The van der Waals surface area contributed by atoms with Crippen molar-refractivity contribution in [1.29, 1.82) is 0 Å². The number of furan rings is 1. The lowest BCUT2D eigenvalue weighted by atomic mass is 9.85. The number of hydrogen-bond acceptors (Lipinski definition) is 9. The largest absolute Gasteiger partial charge is 0.493 e. The Morgan fingerprint density at radius 2 is 1.53 bits per heavy atom. The lowest BCUT2D eigenvalue weighted by Gasteiger charge is -2.38. The van der Waals surface area contributed by atoms with Crippen LogP contribution in [0.15, 0.2) is 77.4 Å². The van der Waals surface area contributed by atoms with E-state index >= 15 is 0 Å². The molecule has 0 N–H and O–H groups in total. The third-order valence-corrected chi connectivity index (χ3v) is 11.2. The van der Waals surface area contributed by atoms with Crippen LogP contribution < -0.4 is 23.7 Å². The molecular weight excluding hydrogens is 668 g/mol. The third-order valence-electron chi connectivity index (χ3n) is 11.2. The molecule has 4 aliphatic heterocycles. The van der Waals surface area contributed by atoms with Gasteiger partial charge >= 0.3 is 0 Å². The molecular formula is C44H46N2O7. The highest BCUT2D eigenvalue weighted by Gasteiger charge is 2.35. The molecule has 274 valence electrons. The average Bonchev–Trinajstić information content (AvgIpc) is 3.71.